The van der Waals surface area contributed by atoms with Gasteiger partial charge in [-0.1, -0.05) is 12.1 Å². The van der Waals surface area contributed by atoms with Crippen LogP contribution < -0.4 is 10.2 Å². The molecule has 4 aromatic rings. The first-order valence-electron chi connectivity index (χ1n) is 8.54. The molecule has 1 aromatic carbocycles. The van der Waals surface area contributed by atoms with Gasteiger partial charge in [-0.2, -0.15) is 5.26 Å². The minimum atomic E-state index is 0.828. The van der Waals surface area contributed by atoms with Gasteiger partial charge in [0, 0.05) is 61.0 Å². The van der Waals surface area contributed by atoms with Gasteiger partial charge in [0.1, 0.15) is 5.65 Å². The topological polar surface area (TPSA) is 80.6 Å². The highest BCUT2D eigenvalue weighted by Gasteiger charge is 2.11. The van der Waals surface area contributed by atoms with Gasteiger partial charge in [-0.05, 0) is 29.8 Å². The number of nitriles is 1. The Labute approximate surface area is 157 Å². The molecular formula is C21H18N6. The summed E-state index contributed by atoms with van der Waals surface area (Å²) in [5.41, 5.74) is 6.70. The van der Waals surface area contributed by atoms with Gasteiger partial charge in [-0.3, -0.25) is 9.88 Å². The number of aromatic amines is 1. The van der Waals surface area contributed by atoms with Crippen molar-refractivity contribution in [2.24, 2.45) is 0 Å². The second-order valence-corrected chi connectivity index (χ2v) is 6.24. The van der Waals surface area contributed by atoms with Crippen LogP contribution in [-0.4, -0.2) is 29.0 Å². The molecule has 3 heterocycles. The molecule has 27 heavy (non-hydrogen) atoms. The highest BCUT2D eigenvalue weighted by Crippen LogP contribution is 2.32. The minimum Gasteiger partial charge on any atom is -0.387 e. The van der Waals surface area contributed by atoms with Crippen LogP contribution in [0.15, 0.2) is 61.2 Å². The zero-order chi connectivity index (χ0) is 18.8. The molecule has 0 aliphatic carbocycles. The third-order valence-corrected chi connectivity index (χ3v) is 4.59. The first-order valence-corrected chi connectivity index (χ1v) is 8.54. The number of nitrogens with one attached hydrogen (secondary N) is 2. The molecule has 0 bridgehead atoms. The van der Waals surface area contributed by atoms with Gasteiger partial charge in [0.15, 0.2) is 6.19 Å². The number of hydrogen-bond acceptors (Lipinski definition) is 5. The van der Waals surface area contributed by atoms with E-state index in [4.69, 9.17) is 5.26 Å². The summed E-state index contributed by atoms with van der Waals surface area (Å²) in [6.07, 6.45) is 9.56. The van der Waals surface area contributed by atoms with E-state index in [1.807, 2.05) is 49.9 Å². The Bertz CT molecular complexity index is 1150. The van der Waals surface area contributed by atoms with Crippen molar-refractivity contribution in [3.8, 4) is 28.4 Å². The van der Waals surface area contributed by atoms with E-state index >= 15 is 0 Å². The number of nitrogens with zero attached hydrogens (tertiary/aromatic N) is 4. The van der Waals surface area contributed by atoms with Crippen LogP contribution in [0.1, 0.15) is 0 Å². The highest BCUT2D eigenvalue weighted by molar-refractivity contribution is 5.96. The van der Waals surface area contributed by atoms with E-state index in [0.29, 0.717) is 0 Å². The van der Waals surface area contributed by atoms with E-state index in [1.165, 1.54) is 4.90 Å². The average Bonchev–Trinajstić information content (AvgIpc) is 3.16. The molecule has 6 nitrogen and oxygen atoms in total. The molecule has 0 saturated carbocycles. The predicted molar refractivity (Wildman–Crippen MR) is 108 cm³/mol. The molecule has 3 aromatic heterocycles. The molecule has 6 heteroatoms. The van der Waals surface area contributed by atoms with E-state index < -0.39 is 0 Å². The molecular weight excluding hydrogens is 336 g/mol. The summed E-state index contributed by atoms with van der Waals surface area (Å²) in [5, 5.41) is 13.3. The van der Waals surface area contributed by atoms with Crippen molar-refractivity contribution in [1.29, 1.82) is 5.26 Å². The number of rotatable bonds is 4. The molecule has 0 atom stereocenters. The van der Waals surface area contributed by atoms with Gasteiger partial charge in [-0.25, -0.2) is 4.98 Å². The summed E-state index contributed by atoms with van der Waals surface area (Å²) < 4.78 is 0. The number of fused-ring (bicyclic) bond motifs is 1. The van der Waals surface area contributed by atoms with E-state index in [9.17, 15) is 0 Å². The maximum atomic E-state index is 9.12. The highest BCUT2D eigenvalue weighted by atomic mass is 15.1. The van der Waals surface area contributed by atoms with Crippen LogP contribution in [-0.2, 0) is 0 Å². The fraction of sp³-hybridized carbons (Fsp3) is 0.0952. The molecule has 132 valence electrons. The fourth-order valence-corrected chi connectivity index (χ4v) is 3.08. The molecule has 2 N–H and O–H groups in total. The minimum absolute atomic E-state index is 0.828. The van der Waals surface area contributed by atoms with Crippen molar-refractivity contribution >= 4 is 22.4 Å². The maximum absolute atomic E-state index is 9.12. The molecule has 0 saturated heterocycles. The van der Waals surface area contributed by atoms with Crippen LogP contribution in [0.5, 0.6) is 0 Å². The van der Waals surface area contributed by atoms with Gasteiger partial charge in [-0.15, -0.1) is 0 Å². The van der Waals surface area contributed by atoms with Gasteiger partial charge in [0.2, 0.25) is 0 Å². The zero-order valence-electron chi connectivity index (χ0n) is 15.1. The number of H-pyrrole nitrogens is 1. The lowest BCUT2D eigenvalue weighted by atomic mass is 10.0. The Morgan fingerprint density at radius 1 is 1.07 bits per heavy atom. The lowest BCUT2D eigenvalue weighted by Crippen LogP contribution is -2.07. The van der Waals surface area contributed by atoms with E-state index in [1.54, 1.807) is 13.2 Å². The Balaban J connectivity index is 1.82. The maximum Gasteiger partial charge on any atom is 0.183 e. The molecule has 0 aliphatic heterocycles. The van der Waals surface area contributed by atoms with Crippen molar-refractivity contribution in [1.82, 2.24) is 15.0 Å². The average molecular weight is 354 g/mol. The number of aromatic nitrogens is 3. The number of pyridine rings is 2. The van der Waals surface area contributed by atoms with E-state index in [-0.39, 0.29) is 0 Å². The van der Waals surface area contributed by atoms with Crippen molar-refractivity contribution in [2.75, 3.05) is 24.3 Å². The molecule has 0 amide bonds. The largest absolute Gasteiger partial charge is 0.387 e. The van der Waals surface area contributed by atoms with Crippen LogP contribution in [0.2, 0.25) is 0 Å². The van der Waals surface area contributed by atoms with Gasteiger partial charge >= 0.3 is 0 Å². The summed E-state index contributed by atoms with van der Waals surface area (Å²) in [5.74, 6) is 0. The predicted octanol–water partition coefficient (Wildman–Crippen LogP) is 4.25. The summed E-state index contributed by atoms with van der Waals surface area (Å²) in [7, 11) is 3.62. The zero-order valence-corrected chi connectivity index (χ0v) is 15.1. The SMILES string of the molecule is CNc1cncc(-c2c[nH]c3ncc(-c4cccc(N(C)C#N)c4)cc23)c1. The standard InChI is InChI=1S/C21H18N6/c1-23-17-6-16(9-24-11-17)20-12-26-21-19(20)8-15(10-25-21)14-4-3-5-18(7-14)27(2)13-22/h3-12,23H,1-2H3,(H,25,26). The fourth-order valence-electron chi connectivity index (χ4n) is 3.08. The van der Waals surface area contributed by atoms with Gasteiger partial charge < -0.3 is 10.3 Å². The molecule has 0 fully saturated rings. The molecule has 0 aliphatic rings. The Hall–Kier alpha value is -3.85. The van der Waals surface area contributed by atoms with E-state index in [0.717, 1.165) is 44.7 Å². The lowest BCUT2D eigenvalue weighted by Gasteiger charge is -2.11. The van der Waals surface area contributed by atoms with Crippen LogP contribution in [0.25, 0.3) is 33.3 Å². The first kappa shape index (κ1) is 16.6. The third kappa shape index (κ3) is 3.07. The van der Waals surface area contributed by atoms with Crippen molar-refractivity contribution in [2.45, 2.75) is 0 Å². The summed E-state index contributed by atoms with van der Waals surface area (Å²) >= 11 is 0. The van der Waals surface area contributed by atoms with E-state index in [2.05, 4.69) is 38.6 Å². The lowest BCUT2D eigenvalue weighted by molar-refractivity contribution is 1.20. The number of anilines is 2. The normalized spacial score (nSPS) is 10.6. The monoisotopic (exact) mass is 354 g/mol. The Kier molecular flexibility index (Phi) is 4.19. The van der Waals surface area contributed by atoms with Crippen LogP contribution in [0.3, 0.4) is 0 Å². The van der Waals surface area contributed by atoms with Crippen LogP contribution >= 0.6 is 0 Å². The number of benzene rings is 1. The van der Waals surface area contributed by atoms with Crippen molar-refractivity contribution in [3.63, 3.8) is 0 Å². The van der Waals surface area contributed by atoms with Crippen LogP contribution in [0, 0.1) is 11.5 Å². The molecule has 0 spiro atoms. The molecule has 0 radical (unpaired) electrons. The first-order chi connectivity index (χ1) is 13.2. The quantitative estimate of drug-likeness (QED) is 0.423. The number of hydrogen-bond donors (Lipinski definition) is 2. The second kappa shape index (κ2) is 6.81. The second-order valence-electron chi connectivity index (χ2n) is 6.24. The summed E-state index contributed by atoms with van der Waals surface area (Å²) in [6.45, 7) is 0. The smallest absolute Gasteiger partial charge is 0.183 e. The molecule has 4 rings (SSSR count). The third-order valence-electron chi connectivity index (χ3n) is 4.59. The Morgan fingerprint density at radius 3 is 2.78 bits per heavy atom. The summed E-state index contributed by atoms with van der Waals surface area (Å²) in [6, 6.07) is 12.0. The van der Waals surface area contributed by atoms with Crippen molar-refractivity contribution in [3.05, 3.63) is 61.2 Å². The van der Waals surface area contributed by atoms with Crippen LogP contribution in [0.4, 0.5) is 11.4 Å². The Morgan fingerprint density at radius 2 is 1.96 bits per heavy atom. The van der Waals surface area contributed by atoms with Crippen molar-refractivity contribution < 1.29 is 0 Å². The summed E-state index contributed by atoms with van der Waals surface area (Å²) in [4.78, 5) is 13.6. The van der Waals surface area contributed by atoms with Gasteiger partial charge in [0.25, 0.3) is 0 Å². The molecule has 0 unspecified atom stereocenters. The van der Waals surface area contributed by atoms with Gasteiger partial charge in [0.05, 0.1) is 11.4 Å².